The molecule has 1 aliphatic heterocycles. The maximum Gasteiger partial charge on any atom is 0.573 e. The second kappa shape index (κ2) is 10.8. The number of ether oxygens (including phenoxy) is 1. The second-order valence-electron chi connectivity index (χ2n) is 6.37. The minimum Gasteiger partial charge on any atom is -0.406 e. The van der Waals surface area contributed by atoms with E-state index in [1.165, 1.54) is 37.1 Å². The minimum atomic E-state index is -4.69. The molecule has 0 spiro atoms. The highest BCUT2D eigenvalue weighted by molar-refractivity contribution is 14.0. The molecular weight excluding hydrogens is 460 g/mol. The van der Waals surface area contributed by atoms with Gasteiger partial charge in [0.05, 0.1) is 0 Å². The van der Waals surface area contributed by atoms with Crippen molar-refractivity contribution in [3.05, 3.63) is 24.3 Å². The number of rotatable bonds is 6. The van der Waals surface area contributed by atoms with Gasteiger partial charge in [-0.05, 0) is 62.5 Å². The Kier molecular flexibility index (Phi) is 9.48. The number of hydrogen-bond donors (Lipinski definition) is 2. The number of nitrogens with two attached hydrogens (primary N) is 1. The quantitative estimate of drug-likeness (QED) is 0.276. The molecule has 1 unspecified atom stereocenters. The molecule has 0 bridgehead atoms. The monoisotopic (exact) mass is 486 g/mol. The first-order valence-corrected chi connectivity index (χ1v) is 8.47. The Morgan fingerprint density at radius 1 is 1.35 bits per heavy atom. The number of guanidine groups is 1. The molecule has 1 saturated heterocycles. The van der Waals surface area contributed by atoms with E-state index in [0.717, 1.165) is 32.0 Å². The summed E-state index contributed by atoms with van der Waals surface area (Å²) in [4.78, 5) is 6.70. The first-order chi connectivity index (χ1) is 11.8. The highest BCUT2D eigenvalue weighted by atomic mass is 127. The summed E-state index contributed by atoms with van der Waals surface area (Å²) in [6.45, 7) is 6.18. The number of alkyl halides is 3. The largest absolute Gasteiger partial charge is 0.573 e. The molecule has 2 rings (SSSR count). The van der Waals surface area contributed by atoms with Crippen molar-refractivity contribution in [2.75, 3.05) is 31.5 Å². The third-order valence-corrected chi connectivity index (χ3v) is 4.02. The van der Waals surface area contributed by atoms with Crippen molar-refractivity contribution in [1.29, 1.82) is 0 Å². The maximum absolute atomic E-state index is 12.1. The van der Waals surface area contributed by atoms with Crippen LogP contribution in [-0.2, 0) is 0 Å². The van der Waals surface area contributed by atoms with E-state index in [1.807, 2.05) is 0 Å². The predicted octanol–water partition coefficient (Wildman–Crippen LogP) is 4.05. The summed E-state index contributed by atoms with van der Waals surface area (Å²) < 4.78 is 40.1. The number of hydrogen-bond acceptors (Lipinski definition) is 3. The Morgan fingerprint density at radius 3 is 2.65 bits per heavy atom. The molecule has 3 N–H and O–H groups in total. The summed E-state index contributed by atoms with van der Waals surface area (Å²) >= 11 is 0. The molecule has 1 atom stereocenters. The second-order valence-corrected chi connectivity index (χ2v) is 6.37. The number of nitrogens with one attached hydrogen (secondary N) is 1. The van der Waals surface area contributed by atoms with Crippen LogP contribution in [-0.4, -0.2) is 43.4 Å². The fourth-order valence-electron chi connectivity index (χ4n) is 2.91. The van der Waals surface area contributed by atoms with Crippen molar-refractivity contribution in [2.45, 2.75) is 32.5 Å². The van der Waals surface area contributed by atoms with Crippen LogP contribution < -0.4 is 15.8 Å². The molecule has 1 aliphatic rings. The molecule has 0 saturated carbocycles. The fourth-order valence-corrected chi connectivity index (χ4v) is 2.91. The van der Waals surface area contributed by atoms with E-state index in [0.29, 0.717) is 12.2 Å². The molecule has 1 heterocycles. The van der Waals surface area contributed by atoms with Gasteiger partial charge in [-0.2, -0.15) is 0 Å². The van der Waals surface area contributed by atoms with E-state index >= 15 is 0 Å². The van der Waals surface area contributed by atoms with Crippen molar-refractivity contribution < 1.29 is 17.9 Å². The van der Waals surface area contributed by atoms with Crippen molar-refractivity contribution in [3.63, 3.8) is 0 Å². The zero-order chi connectivity index (χ0) is 18.3. The van der Waals surface area contributed by atoms with Crippen LogP contribution in [0.5, 0.6) is 5.75 Å². The first-order valence-electron chi connectivity index (χ1n) is 8.47. The lowest BCUT2D eigenvalue weighted by atomic mass is 10.0. The summed E-state index contributed by atoms with van der Waals surface area (Å²) in [5.41, 5.74) is 6.36. The SMILES string of the molecule is CC1CCCN(CCCN=C(N)Nc2ccc(OC(F)(F)F)cc2)C1.I. The van der Waals surface area contributed by atoms with E-state index in [1.54, 1.807) is 0 Å². The highest BCUT2D eigenvalue weighted by Crippen LogP contribution is 2.23. The standard InChI is InChI=1S/C17H25F3N4O.HI/c1-13-4-2-10-24(12-13)11-3-9-22-16(21)23-14-5-7-15(8-6-14)25-17(18,19)20;/h5-8,13H,2-4,9-12H2,1H3,(H3,21,22,23);1H. The van der Waals surface area contributed by atoms with Gasteiger partial charge >= 0.3 is 6.36 Å². The van der Waals surface area contributed by atoms with Gasteiger partial charge in [0.15, 0.2) is 5.96 Å². The van der Waals surface area contributed by atoms with Crippen molar-refractivity contribution in [3.8, 4) is 5.75 Å². The zero-order valence-corrected chi connectivity index (χ0v) is 17.1. The van der Waals surface area contributed by atoms with Gasteiger partial charge < -0.3 is 20.7 Å². The molecule has 1 aromatic rings. The Hall–Kier alpha value is -1.23. The number of halogens is 4. The number of likely N-dealkylation sites (tertiary alicyclic amines) is 1. The van der Waals surface area contributed by atoms with Gasteiger partial charge in [0.2, 0.25) is 0 Å². The van der Waals surface area contributed by atoms with Gasteiger partial charge in [-0.3, -0.25) is 4.99 Å². The normalized spacial score (nSPS) is 18.9. The van der Waals surface area contributed by atoms with Crippen LogP contribution in [0.4, 0.5) is 18.9 Å². The van der Waals surface area contributed by atoms with Crippen LogP contribution in [0.3, 0.4) is 0 Å². The van der Waals surface area contributed by atoms with E-state index < -0.39 is 6.36 Å². The lowest BCUT2D eigenvalue weighted by Gasteiger charge is -2.30. The van der Waals surface area contributed by atoms with Crippen molar-refractivity contribution >= 4 is 35.6 Å². The van der Waals surface area contributed by atoms with Crippen LogP contribution in [0, 0.1) is 5.92 Å². The summed E-state index contributed by atoms with van der Waals surface area (Å²) in [7, 11) is 0. The van der Waals surface area contributed by atoms with E-state index in [9.17, 15) is 13.2 Å². The Labute approximate surface area is 169 Å². The Balaban J connectivity index is 0.00000338. The van der Waals surface area contributed by atoms with E-state index in [4.69, 9.17) is 5.73 Å². The minimum absolute atomic E-state index is 0. The van der Waals surface area contributed by atoms with E-state index in [2.05, 4.69) is 26.9 Å². The van der Waals surface area contributed by atoms with Gasteiger partial charge in [0.1, 0.15) is 5.75 Å². The van der Waals surface area contributed by atoms with Crippen molar-refractivity contribution in [2.24, 2.45) is 16.6 Å². The average molecular weight is 486 g/mol. The molecular formula is C17H26F3IN4O. The summed E-state index contributed by atoms with van der Waals surface area (Å²) in [5, 5.41) is 2.85. The molecule has 0 amide bonds. The molecule has 1 aromatic carbocycles. The molecule has 0 aromatic heterocycles. The van der Waals surface area contributed by atoms with E-state index in [-0.39, 0.29) is 35.7 Å². The van der Waals surface area contributed by atoms with Gasteiger partial charge in [0.25, 0.3) is 0 Å². The first kappa shape index (κ1) is 22.8. The Bertz CT molecular complexity index is 566. The smallest absolute Gasteiger partial charge is 0.406 e. The van der Waals surface area contributed by atoms with Crippen LogP contribution in [0.2, 0.25) is 0 Å². The van der Waals surface area contributed by atoms with Gasteiger partial charge in [-0.25, -0.2) is 0 Å². The molecule has 0 aliphatic carbocycles. The van der Waals surface area contributed by atoms with Crippen molar-refractivity contribution in [1.82, 2.24) is 4.90 Å². The zero-order valence-electron chi connectivity index (χ0n) is 14.8. The highest BCUT2D eigenvalue weighted by Gasteiger charge is 2.30. The third kappa shape index (κ3) is 8.93. The van der Waals surface area contributed by atoms with Gasteiger partial charge in [-0.15, -0.1) is 37.1 Å². The third-order valence-electron chi connectivity index (χ3n) is 4.02. The molecule has 0 radical (unpaired) electrons. The number of aliphatic imine (C=N–C) groups is 1. The summed E-state index contributed by atoms with van der Waals surface area (Å²) in [5.74, 6) is 0.731. The molecule has 1 fully saturated rings. The average Bonchev–Trinajstić information content (AvgIpc) is 2.52. The molecule has 148 valence electrons. The number of benzene rings is 1. The molecule has 5 nitrogen and oxygen atoms in total. The topological polar surface area (TPSA) is 62.9 Å². The van der Waals surface area contributed by atoms with Crippen LogP contribution >= 0.6 is 24.0 Å². The number of nitrogens with zero attached hydrogens (tertiary/aromatic N) is 2. The van der Waals surface area contributed by atoms with Crippen LogP contribution in [0.1, 0.15) is 26.2 Å². The Morgan fingerprint density at radius 2 is 2.04 bits per heavy atom. The lowest BCUT2D eigenvalue weighted by Crippen LogP contribution is -2.35. The van der Waals surface area contributed by atoms with Gasteiger partial charge in [-0.1, -0.05) is 6.92 Å². The molecule has 9 heteroatoms. The lowest BCUT2D eigenvalue weighted by molar-refractivity contribution is -0.274. The molecule has 26 heavy (non-hydrogen) atoms. The summed E-state index contributed by atoms with van der Waals surface area (Å²) in [6.07, 6.45) is -1.21. The number of piperidine rings is 1. The fraction of sp³-hybridized carbons (Fsp3) is 0.588. The summed E-state index contributed by atoms with van der Waals surface area (Å²) in [6, 6.07) is 5.36. The maximum atomic E-state index is 12.1. The van der Waals surface area contributed by atoms with Gasteiger partial charge in [0, 0.05) is 18.8 Å². The predicted molar refractivity (Wildman–Crippen MR) is 108 cm³/mol. The number of anilines is 1. The van der Waals surface area contributed by atoms with Crippen LogP contribution in [0.15, 0.2) is 29.3 Å². The van der Waals surface area contributed by atoms with Crippen LogP contribution in [0.25, 0.3) is 0 Å².